The van der Waals surface area contributed by atoms with Crippen molar-refractivity contribution in [2.45, 2.75) is 20.0 Å². The fourth-order valence-electron chi connectivity index (χ4n) is 1.36. The van der Waals surface area contributed by atoms with E-state index in [1.807, 2.05) is 0 Å². The van der Waals surface area contributed by atoms with Gasteiger partial charge in [-0.1, -0.05) is 12.1 Å². The molecule has 0 amide bonds. The van der Waals surface area contributed by atoms with Gasteiger partial charge in [-0.15, -0.1) is 0 Å². The molecule has 0 bridgehead atoms. The normalized spacial score (nSPS) is 11.7. The summed E-state index contributed by atoms with van der Waals surface area (Å²) in [5, 5.41) is 0. The van der Waals surface area contributed by atoms with Crippen LogP contribution >= 0.6 is 0 Å². The molecule has 4 nitrogen and oxygen atoms in total. The first-order valence-corrected chi connectivity index (χ1v) is 4.86. The average Bonchev–Trinajstić information content (AvgIpc) is 2.25. The van der Waals surface area contributed by atoms with Gasteiger partial charge in [0.25, 0.3) is 0 Å². The third-order valence-electron chi connectivity index (χ3n) is 2.05. The van der Waals surface area contributed by atoms with Gasteiger partial charge < -0.3 is 9.47 Å². The van der Waals surface area contributed by atoms with Crippen molar-refractivity contribution >= 4 is 11.8 Å². The highest BCUT2D eigenvalue weighted by Gasteiger charge is 2.20. The molecule has 86 valence electrons. The molecule has 0 heterocycles. The maximum Gasteiger partial charge on any atom is 0.303 e. The number of rotatable bonds is 4. The van der Waals surface area contributed by atoms with Crippen molar-refractivity contribution in [1.82, 2.24) is 0 Å². The van der Waals surface area contributed by atoms with Crippen molar-refractivity contribution in [3.8, 4) is 5.75 Å². The lowest BCUT2D eigenvalue weighted by Crippen LogP contribution is -2.15. The Morgan fingerprint density at radius 3 is 2.44 bits per heavy atom. The Morgan fingerprint density at radius 1 is 1.25 bits per heavy atom. The molecule has 0 fully saturated rings. The van der Waals surface area contributed by atoms with Crippen LogP contribution < -0.4 is 4.74 Å². The topological polar surface area (TPSA) is 52.6 Å². The summed E-state index contributed by atoms with van der Waals surface area (Å²) in [6.07, 6.45) is -0.854. The van der Waals surface area contributed by atoms with E-state index in [0.29, 0.717) is 11.3 Å². The van der Waals surface area contributed by atoms with Gasteiger partial charge in [0.15, 0.2) is 11.9 Å². The average molecular weight is 222 g/mol. The summed E-state index contributed by atoms with van der Waals surface area (Å²) in [5.74, 6) is -0.0811. The largest absolute Gasteiger partial charge is 0.497 e. The molecule has 1 atom stereocenters. The summed E-state index contributed by atoms with van der Waals surface area (Å²) >= 11 is 0. The van der Waals surface area contributed by atoms with E-state index < -0.39 is 12.1 Å². The van der Waals surface area contributed by atoms with Crippen molar-refractivity contribution in [2.75, 3.05) is 7.11 Å². The first kappa shape index (κ1) is 12.2. The van der Waals surface area contributed by atoms with Gasteiger partial charge in [-0.25, -0.2) is 0 Å². The molecule has 0 saturated heterocycles. The zero-order chi connectivity index (χ0) is 12.1. The molecular weight excluding hydrogens is 208 g/mol. The Hall–Kier alpha value is -1.84. The Kier molecular flexibility index (Phi) is 4.05. The van der Waals surface area contributed by atoms with Gasteiger partial charge in [-0.05, 0) is 19.1 Å². The highest BCUT2D eigenvalue weighted by atomic mass is 16.5. The maximum atomic E-state index is 11.4. The molecule has 1 aromatic rings. The molecule has 16 heavy (non-hydrogen) atoms. The van der Waals surface area contributed by atoms with Crippen LogP contribution in [0.5, 0.6) is 5.75 Å². The van der Waals surface area contributed by atoms with E-state index >= 15 is 0 Å². The zero-order valence-electron chi connectivity index (χ0n) is 9.52. The molecule has 0 aliphatic rings. The highest BCUT2D eigenvalue weighted by Crippen LogP contribution is 2.22. The maximum absolute atomic E-state index is 11.4. The summed E-state index contributed by atoms with van der Waals surface area (Å²) in [5.41, 5.74) is 0.613. The number of ketones is 1. The van der Waals surface area contributed by atoms with Gasteiger partial charge in [0.2, 0.25) is 0 Å². The van der Waals surface area contributed by atoms with Gasteiger partial charge in [0, 0.05) is 12.5 Å². The van der Waals surface area contributed by atoms with Gasteiger partial charge in [0.1, 0.15) is 5.75 Å². The van der Waals surface area contributed by atoms with Gasteiger partial charge in [-0.2, -0.15) is 0 Å². The second kappa shape index (κ2) is 5.30. The lowest BCUT2D eigenvalue weighted by Gasteiger charge is -2.14. The fourth-order valence-corrected chi connectivity index (χ4v) is 1.36. The van der Waals surface area contributed by atoms with E-state index in [0.717, 1.165) is 0 Å². The van der Waals surface area contributed by atoms with E-state index in [1.54, 1.807) is 24.3 Å². The number of hydrogen-bond acceptors (Lipinski definition) is 4. The van der Waals surface area contributed by atoms with Crippen molar-refractivity contribution < 1.29 is 19.1 Å². The Bertz CT molecular complexity index is 398. The second-order valence-electron chi connectivity index (χ2n) is 3.38. The lowest BCUT2D eigenvalue weighted by atomic mass is 10.1. The number of methoxy groups -OCH3 is 1. The van der Waals surface area contributed by atoms with Crippen LogP contribution in [-0.2, 0) is 14.3 Å². The number of hydrogen-bond donors (Lipinski definition) is 0. The molecule has 0 spiro atoms. The summed E-state index contributed by atoms with van der Waals surface area (Å²) < 4.78 is 9.99. The van der Waals surface area contributed by atoms with Gasteiger partial charge in [-0.3, -0.25) is 9.59 Å². The van der Waals surface area contributed by atoms with Crippen LogP contribution in [0.1, 0.15) is 25.5 Å². The van der Waals surface area contributed by atoms with E-state index in [2.05, 4.69) is 0 Å². The first-order valence-electron chi connectivity index (χ1n) is 4.86. The Morgan fingerprint density at radius 2 is 1.94 bits per heavy atom. The third kappa shape index (κ3) is 3.08. The molecule has 1 aromatic carbocycles. The van der Waals surface area contributed by atoms with Crippen molar-refractivity contribution in [3.05, 3.63) is 29.8 Å². The Balaban J connectivity index is 3.00. The van der Waals surface area contributed by atoms with Crippen molar-refractivity contribution in [2.24, 2.45) is 0 Å². The van der Waals surface area contributed by atoms with Crippen molar-refractivity contribution in [3.63, 3.8) is 0 Å². The number of carbonyl (C=O) groups excluding carboxylic acids is 2. The van der Waals surface area contributed by atoms with Crippen LogP contribution in [0.15, 0.2) is 24.3 Å². The highest BCUT2D eigenvalue weighted by molar-refractivity contribution is 5.84. The number of Topliss-reactive ketones (excluding diaryl/α,β-unsaturated/α-hetero) is 1. The second-order valence-corrected chi connectivity index (χ2v) is 3.38. The number of carbonyl (C=O) groups is 2. The molecule has 1 rings (SSSR count). The smallest absolute Gasteiger partial charge is 0.303 e. The van der Waals surface area contributed by atoms with E-state index in [9.17, 15) is 9.59 Å². The minimum Gasteiger partial charge on any atom is -0.497 e. The molecule has 1 unspecified atom stereocenters. The summed E-state index contributed by atoms with van der Waals surface area (Å²) in [6.45, 7) is 2.66. The van der Waals surface area contributed by atoms with Crippen LogP contribution in [-0.4, -0.2) is 18.9 Å². The first-order chi connectivity index (χ1) is 7.54. The quantitative estimate of drug-likeness (QED) is 0.730. The van der Waals surface area contributed by atoms with Crippen LogP contribution in [0.4, 0.5) is 0 Å². The number of ether oxygens (including phenoxy) is 2. The molecule has 0 aliphatic heterocycles. The minimum absolute atomic E-state index is 0.219. The van der Waals surface area contributed by atoms with Crippen molar-refractivity contribution in [1.29, 1.82) is 0 Å². The van der Waals surface area contributed by atoms with E-state index in [-0.39, 0.29) is 5.78 Å². The molecule has 0 N–H and O–H groups in total. The van der Waals surface area contributed by atoms with Crippen LogP contribution in [0.2, 0.25) is 0 Å². The molecular formula is C12H14O4. The number of benzene rings is 1. The summed E-state index contributed by atoms with van der Waals surface area (Å²) in [7, 11) is 1.54. The molecule has 0 saturated carbocycles. The summed E-state index contributed by atoms with van der Waals surface area (Å²) in [4.78, 5) is 22.2. The standard InChI is InChI=1S/C12H14O4/c1-8(13)12(16-9(2)14)10-5-4-6-11(7-10)15-3/h4-7,12H,1-3H3. The van der Waals surface area contributed by atoms with Crippen LogP contribution in [0, 0.1) is 0 Å². The summed E-state index contributed by atoms with van der Waals surface area (Å²) in [6, 6.07) is 6.90. The Labute approximate surface area is 94.2 Å². The predicted molar refractivity (Wildman–Crippen MR) is 58.2 cm³/mol. The molecule has 0 radical (unpaired) electrons. The SMILES string of the molecule is COc1cccc(C(OC(C)=O)C(C)=O)c1. The molecule has 0 aromatic heterocycles. The molecule has 0 aliphatic carbocycles. The molecule has 4 heteroatoms. The lowest BCUT2D eigenvalue weighted by molar-refractivity contribution is -0.152. The van der Waals surface area contributed by atoms with Gasteiger partial charge >= 0.3 is 5.97 Å². The number of esters is 1. The van der Waals surface area contributed by atoms with Gasteiger partial charge in [0.05, 0.1) is 7.11 Å². The monoisotopic (exact) mass is 222 g/mol. The van der Waals surface area contributed by atoms with Crippen LogP contribution in [0.25, 0.3) is 0 Å². The fraction of sp³-hybridized carbons (Fsp3) is 0.333. The van der Waals surface area contributed by atoms with E-state index in [4.69, 9.17) is 9.47 Å². The third-order valence-corrected chi connectivity index (χ3v) is 2.05. The van der Waals surface area contributed by atoms with Crippen LogP contribution in [0.3, 0.4) is 0 Å². The zero-order valence-corrected chi connectivity index (χ0v) is 9.52. The van der Waals surface area contributed by atoms with E-state index in [1.165, 1.54) is 21.0 Å². The predicted octanol–water partition coefficient (Wildman–Crippen LogP) is 1.89. The minimum atomic E-state index is -0.854.